The van der Waals surface area contributed by atoms with E-state index in [9.17, 15) is 14.7 Å². The summed E-state index contributed by atoms with van der Waals surface area (Å²) in [6, 6.07) is 18.9. The molecule has 1 aromatic heterocycles. The van der Waals surface area contributed by atoms with Gasteiger partial charge in [0.05, 0.1) is 11.6 Å². The Hall–Kier alpha value is -3.73. The third-order valence-corrected chi connectivity index (χ3v) is 4.83. The van der Waals surface area contributed by atoms with E-state index in [1.807, 2.05) is 25.1 Å². The van der Waals surface area contributed by atoms with E-state index >= 15 is 0 Å². The normalized spacial score (nSPS) is 18.5. The maximum absolute atomic E-state index is 12.9. The number of rotatable bonds is 3. The zero-order valence-corrected chi connectivity index (χ0v) is 15.2. The number of anilines is 1. The minimum atomic E-state index is -0.731. The zero-order valence-electron chi connectivity index (χ0n) is 15.2. The third kappa shape index (κ3) is 2.97. The molecular formula is C23H18N2O3. The minimum Gasteiger partial charge on any atom is -0.507 e. The van der Waals surface area contributed by atoms with Crippen molar-refractivity contribution < 1.29 is 14.7 Å². The average Bonchev–Trinajstić information content (AvgIpc) is 3.00. The number of ketones is 1. The summed E-state index contributed by atoms with van der Waals surface area (Å²) in [4.78, 5) is 31.3. The lowest BCUT2D eigenvalue weighted by Gasteiger charge is -2.25. The molecule has 0 bridgehead atoms. The Morgan fingerprint density at radius 1 is 0.929 bits per heavy atom. The topological polar surface area (TPSA) is 70.5 Å². The number of Topliss-reactive ketones (excluding diaryl/α,β-unsaturated/α-hetero) is 1. The summed E-state index contributed by atoms with van der Waals surface area (Å²) in [5, 5.41) is 10.9. The highest BCUT2D eigenvalue weighted by Gasteiger charge is 2.46. The molecule has 138 valence electrons. The van der Waals surface area contributed by atoms with E-state index in [1.54, 1.807) is 60.9 Å². The van der Waals surface area contributed by atoms with Crippen LogP contribution in [-0.4, -0.2) is 21.8 Å². The second kappa shape index (κ2) is 7.12. The van der Waals surface area contributed by atoms with Gasteiger partial charge in [-0.3, -0.25) is 19.5 Å². The second-order valence-electron chi connectivity index (χ2n) is 6.65. The largest absolute Gasteiger partial charge is 0.507 e. The Labute approximate surface area is 162 Å². The molecule has 0 aliphatic carbocycles. The van der Waals surface area contributed by atoms with Gasteiger partial charge in [0.2, 0.25) is 0 Å². The van der Waals surface area contributed by atoms with E-state index in [-0.39, 0.29) is 11.3 Å². The molecule has 1 N–H and O–H groups in total. The van der Waals surface area contributed by atoms with Crippen LogP contribution in [0.5, 0.6) is 0 Å². The van der Waals surface area contributed by atoms with Gasteiger partial charge in [-0.05, 0) is 36.8 Å². The summed E-state index contributed by atoms with van der Waals surface area (Å²) < 4.78 is 0. The quantitative estimate of drug-likeness (QED) is 0.429. The zero-order chi connectivity index (χ0) is 19.7. The number of nitrogens with zero attached hydrogens (tertiary/aromatic N) is 2. The standard InChI is InChI=1S/C23H18N2O3/c1-15-7-9-18(10-8-15)25-20(16-11-13-24-14-12-16)19(22(27)23(25)28)21(26)17-5-3-2-4-6-17/h2-14,20,26H,1H3/b21-19-. The summed E-state index contributed by atoms with van der Waals surface area (Å²) >= 11 is 0. The lowest BCUT2D eigenvalue weighted by Crippen LogP contribution is -2.29. The van der Waals surface area contributed by atoms with Crippen molar-refractivity contribution in [1.82, 2.24) is 4.98 Å². The number of aryl methyl sites for hydroxylation is 1. The first-order chi connectivity index (χ1) is 13.6. The van der Waals surface area contributed by atoms with Crippen LogP contribution in [0, 0.1) is 6.92 Å². The van der Waals surface area contributed by atoms with Gasteiger partial charge in [0.25, 0.3) is 11.7 Å². The second-order valence-corrected chi connectivity index (χ2v) is 6.65. The highest BCUT2D eigenvalue weighted by molar-refractivity contribution is 6.51. The summed E-state index contributed by atoms with van der Waals surface area (Å²) in [5.41, 5.74) is 2.91. The van der Waals surface area contributed by atoms with Crippen LogP contribution in [0.25, 0.3) is 5.76 Å². The molecule has 4 rings (SSSR count). The van der Waals surface area contributed by atoms with Crippen LogP contribution >= 0.6 is 0 Å². The molecule has 1 amide bonds. The fraction of sp³-hybridized carbons (Fsp3) is 0.0870. The van der Waals surface area contributed by atoms with Gasteiger partial charge in [-0.1, -0.05) is 48.0 Å². The Kier molecular flexibility index (Phi) is 4.49. The van der Waals surface area contributed by atoms with Gasteiger partial charge >= 0.3 is 0 Å². The van der Waals surface area contributed by atoms with Gasteiger partial charge in [0.15, 0.2) is 0 Å². The van der Waals surface area contributed by atoms with Crippen molar-refractivity contribution in [2.24, 2.45) is 0 Å². The molecule has 2 heterocycles. The summed E-state index contributed by atoms with van der Waals surface area (Å²) in [5.74, 6) is -1.55. The molecule has 3 aromatic rings. The fourth-order valence-electron chi connectivity index (χ4n) is 3.42. The molecule has 0 radical (unpaired) electrons. The van der Waals surface area contributed by atoms with Crippen molar-refractivity contribution >= 4 is 23.1 Å². The molecule has 28 heavy (non-hydrogen) atoms. The van der Waals surface area contributed by atoms with Crippen LogP contribution in [0.3, 0.4) is 0 Å². The minimum absolute atomic E-state index is 0.0722. The van der Waals surface area contributed by atoms with Gasteiger partial charge in [-0.15, -0.1) is 0 Å². The number of hydrogen-bond donors (Lipinski definition) is 1. The number of carbonyl (C=O) groups is 2. The van der Waals surface area contributed by atoms with Crippen LogP contribution in [0.15, 0.2) is 84.7 Å². The van der Waals surface area contributed by atoms with Crippen molar-refractivity contribution in [3.8, 4) is 0 Å². The van der Waals surface area contributed by atoms with E-state index in [0.29, 0.717) is 16.8 Å². The predicted molar refractivity (Wildman–Crippen MR) is 107 cm³/mol. The first-order valence-corrected chi connectivity index (χ1v) is 8.91. The van der Waals surface area contributed by atoms with E-state index in [0.717, 1.165) is 5.56 Å². The van der Waals surface area contributed by atoms with Crippen LogP contribution in [0.2, 0.25) is 0 Å². The molecule has 1 saturated heterocycles. The van der Waals surface area contributed by atoms with Gasteiger partial charge < -0.3 is 5.11 Å². The van der Waals surface area contributed by atoms with Gasteiger partial charge in [-0.25, -0.2) is 0 Å². The first kappa shape index (κ1) is 17.7. The summed E-state index contributed by atoms with van der Waals surface area (Å²) in [7, 11) is 0. The number of pyridine rings is 1. The molecule has 1 aliphatic heterocycles. The van der Waals surface area contributed by atoms with E-state index in [1.165, 1.54) is 4.90 Å². The number of amides is 1. The molecule has 2 aromatic carbocycles. The SMILES string of the molecule is Cc1ccc(N2C(=O)C(=O)/C(=C(\O)c3ccccc3)C2c2ccncc2)cc1. The van der Waals surface area contributed by atoms with Crippen molar-refractivity contribution in [3.05, 3.63) is 101 Å². The molecule has 0 saturated carbocycles. The lowest BCUT2D eigenvalue weighted by molar-refractivity contribution is -0.132. The Bertz CT molecular complexity index is 1060. The summed E-state index contributed by atoms with van der Waals surface area (Å²) in [6.07, 6.45) is 3.21. The van der Waals surface area contributed by atoms with Crippen LogP contribution in [0.4, 0.5) is 5.69 Å². The average molecular weight is 370 g/mol. The maximum Gasteiger partial charge on any atom is 0.300 e. The Morgan fingerprint density at radius 2 is 1.57 bits per heavy atom. The number of aliphatic hydroxyl groups is 1. The first-order valence-electron chi connectivity index (χ1n) is 8.91. The maximum atomic E-state index is 12.9. The molecule has 5 nitrogen and oxygen atoms in total. The molecule has 0 spiro atoms. The Balaban J connectivity index is 1.94. The van der Waals surface area contributed by atoms with Gasteiger partial charge in [-0.2, -0.15) is 0 Å². The number of benzene rings is 2. The highest BCUT2D eigenvalue weighted by Crippen LogP contribution is 2.41. The number of carbonyl (C=O) groups excluding carboxylic acids is 2. The molecule has 1 fully saturated rings. The van der Waals surface area contributed by atoms with Crippen molar-refractivity contribution in [2.75, 3.05) is 4.90 Å². The summed E-state index contributed by atoms with van der Waals surface area (Å²) in [6.45, 7) is 1.95. The number of aliphatic hydroxyl groups excluding tert-OH is 1. The molecule has 1 unspecified atom stereocenters. The van der Waals surface area contributed by atoms with Crippen molar-refractivity contribution in [3.63, 3.8) is 0 Å². The Morgan fingerprint density at radius 3 is 2.21 bits per heavy atom. The lowest BCUT2D eigenvalue weighted by atomic mass is 9.96. The highest BCUT2D eigenvalue weighted by atomic mass is 16.3. The van der Waals surface area contributed by atoms with E-state index < -0.39 is 17.7 Å². The third-order valence-electron chi connectivity index (χ3n) is 4.83. The fourth-order valence-corrected chi connectivity index (χ4v) is 3.42. The van der Waals surface area contributed by atoms with Crippen LogP contribution in [-0.2, 0) is 9.59 Å². The molecule has 1 atom stereocenters. The smallest absolute Gasteiger partial charge is 0.300 e. The van der Waals surface area contributed by atoms with E-state index in [4.69, 9.17) is 0 Å². The predicted octanol–water partition coefficient (Wildman–Crippen LogP) is 4.02. The van der Waals surface area contributed by atoms with E-state index in [2.05, 4.69) is 4.98 Å². The van der Waals surface area contributed by atoms with Crippen LogP contribution in [0.1, 0.15) is 22.7 Å². The van der Waals surface area contributed by atoms with Gasteiger partial charge in [0.1, 0.15) is 5.76 Å². The molecular weight excluding hydrogens is 352 g/mol. The molecule has 1 aliphatic rings. The monoisotopic (exact) mass is 370 g/mol. The number of aromatic nitrogens is 1. The molecule has 5 heteroatoms. The van der Waals surface area contributed by atoms with Crippen molar-refractivity contribution in [2.45, 2.75) is 13.0 Å². The van der Waals surface area contributed by atoms with Crippen LogP contribution < -0.4 is 4.90 Å². The number of hydrogen-bond acceptors (Lipinski definition) is 4. The van der Waals surface area contributed by atoms with Crippen molar-refractivity contribution in [1.29, 1.82) is 0 Å². The van der Waals surface area contributed by atoms with Gasteiger partial charge in [0, 0.05) is 23.6 Å².